The van der Waals surface area contributed by atoms with Crippen LogP contribution in [0.4, 0.5) is 10.5 Å². The Labute approximate surface area is 172 Å². The van der Waals surface area contributed by atoms with Crippen molar-refractivity contribution in [2.45, 2.75) is 45.6 Å². The van der Waals surface area contributed by atoms with E-state index in [9.17, 15) is 14.4 Å². The maximum Gasteiger partial charge on any atom is 0.325 e. The molecule has 4 amide bonds. The summed E-state index contributed by atoms with van der Waals surface area (Å²) in [5.41, 5.74) is 0.166. The van der Waals surface area contributed by atoms with Gasteiger partial charge >= 0.3 is 6.03 Å². The Morgan fingerprint density at radius 1 is 1.24 bits per heavy atom. The van der Waals surface area contributed by atoms with E-state index in [1.54, 1.807) is 0 Å². The van der Waals surface area contributed by atoms with Crippen LogP contribution in [0.1, 0.15) is 40.0 Å². The van der Waals surface area contributed by atoms with E-state index in [0.29, 0.717) is 31.8 Å². The van der Waals surface area contributed by atoms with Crippen LogP contribution in [0.3, 0.4) is 0 Å². The first kappa shape index (κ1) is 21.1. The highest BCUT2D eigenvalue weighted by Gasteiger charge is 2.56. The molecule has 3 rings (SSSR count). The van der Waals surface area contributed by atoms with E-state index in [2.05, 4.69) is 31.4 Å². The number of carbonyl (C=O) groups excluding carboxylic acids is 3. The largest absolute Gasteiger partial charge is 0.373 e. The third-order valence-electron chi connectivity index (χ3n) is 5.89. The average molecular weight is 401 g/mol. The monoisotopic (exact) mass is 400 g/mol. The van der Waals surface area contributed by atoms with Crippen LogP contribution in [0.2, 0.25) is 0 Å². The molecule has 0 aromatic heterocycles. The molecule has 1 aromatic carbocycles. The molecule has 1 aliphatic carbocycles. The summed E-state index contributed by atoms with van der Waals surface area (Å²) in [6, 6.07) is 9.42. The molecule has 0 radical (unpaired) electrons. The maximum atomic E-state index is 13.1. The van der Waals surface area contributed by atoms with Gasteiger partial charge in [0, 0.05) is 25.8 Å². The van der Waals surface area contributed by atoms with Gasteiger partial charge in [-0.15, -0.1) is 0 Å². The third-order valence-corrected chi connectivity index (χ3v) is 5.89. The molecular weight excluding hydrogens is 368 g/mol. The Balaban J connectivity index is 1.54. The van der Waals surface area contributed by atoms with E-state index in [1.807, 2.05) is 42.3 Å². The van der Waals surface area contributed by atoms with Crippen molar-refractivity contribution in [3.8, 4) is 0 Å². The van der Waals surface area contributed by atoms with Crippen LogP contribution < -0.4 is 15.5 Å². The van der Waals surface area contributed by atoms with Crippen molar-refractivity contribution < 1.29 is 14.4 Å². The summed E-state index contributed by atoms with van der Waals surface area (Å²) in [6.45, 7) is 7.19. The zero-order valence-electron chi connectivity index (χ0n) is 17.8. The number of nitrogens with one attached hydrogen (secondary N) is 2. The molecule has 2 fully saturated rings. The lowest BCUT2D eigenvalue weighted by Gasteiger charge is -2.43. The number of hydrogen-bond donors (Lipinski definition) is 2. The van der Waals surface area contributed by atoms with Crippen LogP contribution in [-0.2, 0) is 9.59 Å². The number of imide groups is 1. The van der Waals surface area contributed by atoms with Crippen LogP contribution in [0.15, 0.2) is 30.3 Å². The number of amides is 4. The van der Waals surface area contributed by atoms with Gasteiger partial charge in [0.15, 0.2) is 0 Å². The molecule has 29 heavy (non-hydrogen) atoms. The molecule has 1 aliphatic heterocycles. The number of para-hydroxylation sites is 1. The van der Waals surface area contributed by atoms with Gasteiger partial charge in [-0.2, -0.15) is 0 Å². The van der Waals surface area contributed by atoms with Crippen molar-refractivity contribution in [2.24, 2.45) is 11.3 Å². The van der Waals surface area contributed by atoms with E-state index < -0.39 is 11.6 Å². The minimum Gasteiger partial charge on any atom is -0.373 e. The summed E-state index contributed by atoms with van der Waals surface area (Å²) in [7, 11) is 1.95. The number of benzene rings is 1. The molecule has 1 saturated carbocycles. The standard InChI is InChI=1S/C22H32N4O3/c1-16-12-21(2,3)15-22(13-16)19(28)26(20(29)24-22)14-18(27)23-10-11-25(4)17-8-6-5-7-9-17/h5-9,16H,10-15H2,1-4H3,(H,23,27)(H,24,29). The summed E-state index contributed by atoms with van der Waals surface area (Å²) in [5.74, 6) is -0.251. The highest BCUT2D eigenvalue weighted by atomic mass is 16.2. The van der Waals surface area contributed by atoms with Crippen molar-refractivity contribution in [1.82, 2.24) is 15.5 Å². The van der Waals surface area contributed by atoms with E-state index in [-0.39, 0.29) is 23.8 Å². The summed E-state index contributed by atoms with van der Waals surface area (Å²) >= 11 is 0. The van der Waals surface area contributed by atoms with Crippen LogP contribution in [-0.4, -0.2) is 55.0 Å². The molecule has 2 atom stereocenters. The second-order valence-electron chi connectivity index (χ2n) is 9.37. The van der Waals surface area contributed by atoms with Gasteiger partial charge in [0.1, 0.15) is 12.1 Å². The number of anilines is 1. The maximum absolute atomic E-state index is 13.1. The first-order valence-electron chi connectivity index (χ1n) is 10.3. The normalized spacial score (nSPS) is 25.8. The Bertz CT molecular complexity index is 780. The lowest BCUT2D eigenvalue weighted by atomic mass is 9.64. The molecular formula is C22H32N4O3. The molecule has 1 aromatic rings. The van der Waals surface area contributed by atoms with E-state index in [0.717, 1.165) is 17.0 Å². The van der Waals surface area contributed by atoms with Crippen molar-refractivity contribution in [3.05, 3.63) is 30.3 Å². The molecule has 2 aliphatic rings. The van der Waals surface area contributed by atoms with Gasteiger partial charge < -0.3 is 15.5 Å². The molecule has 1 spiro atoms. The van der Waals surface area contributed by atoms with E-state index >= 15 is 0 Å². The van der Waals surface area contributed by atoms with Crippen LogP contribution in [0, 0.1) is 11.3 Å². The number of likely N-dealkylation sites (N-methyl/N-ethyl adjacent to an activating group) is 1. The Hall–Kier alpha value is -2.57. The molecule has 158 valence electrons. The smallest absolute Gasteiger partial charge is 0.325 e. The minimum absolute atomic E-state index is 0.0269. The molecule has 2 unspecified atom stereocenters. The second-order valence-corrected chi connectivity index (χ2v) is 9.37. The fraction of sp³-hybridized carbons (Fsp3) is 0.591. The van der Waals surface area contributed by atoms with Crippen molar-refractivity contribution in [1.29, 1.82) is 0 Å². The summed E-state index contributed by atoms with van der Waals surface area (Å²) < 4.78 is 0. The summed E-state index contributed by atoms with van der Waals surface area (Å²) in [5, 5.41) is 5.72. The lowest BCUT2D eigenvalue weighted by molar-refractivity contribution is -0.137. The first-order valence-corrected chi connectivity index (χ1v) is 10.3. The van der Waals surface area contributed by atoms with Gasteiger partial charge in [-0.1, -0.05) is 39.0 Å². The van der Waals surface area contributed by atoms with Crippen molar-refractivity contribution in [2.75, 3.05) is 31.6 Å². The highest BCUT2D eigenvalue weighted by Crippen LogP contribution is 2.46. The molecule has 2 N–H and O–H groups in total. The number of nitrogens with zero attached hydrogens (tertiary/aromatic N) is 2. The van der Waals surface area contributed by atoms with Crippen LogP contribution >= 0.6 is 0 Å². The van der Waals surface area contributed by atoms with Gasteiger partial charge in [-0.05, 0) is 42.7 Å². The van der Waals surface area contributed by atoms with Crippen LogP contribution in [0.25, 0.3) is 0 Å². The lowest BCUT2D eigenvalue weighted by Crippen LogP contribution is -2.54. The summed E-state index contributed by atoms with van der Waals surface area (Å²) in [4.78, 5) is 41.0. The quantitative estimate of drug-likeness (QED) is 0.719. The number of carbonyl (C=O) groups is 3. The molecule has 7 heteroatoms. The van der Waals surface area contributed by atoms with E-state index in [1.165, 1.54) is 0 Å². The van der Waals surface area contributed by atoms with Gasteiger partial charge in [0.2, 0.25) is 5.91 Å². The molecule has 0 bridgehead atoms. The Morgan fingerprint density at radius 2 is 1.93 bits per heavy atom. The predicted octanol–water partition coefficient (Wildman–Crippen LogP) is 2.38. The molecule has 1 saturated heterocycles. The zero-order chi connectivity index (χ0) is 21.2. The number of urea groups is 1. The van der Waals surface area contributed by atoms with Crippen molar-refractivity contribution >= 4 is 23.5 Å². The SMILES string of the molecule is CC1CC(C)(C)CC2(C1)NC(=O)N(CC(=O)NCCN(C)c1ccccc1)C2=O. The molecule has 7 nitrogen and oxygen atoms in total. The van der Waals surface area contributed by atoms with Gasteiger partial charge in [-0.25, -0.2) is 4.79 Å². The van der Waals surface area contributed by atoms with Gasteiger partial charge in [-0.3, -0.25) is 14.5 Å². The highest BCUT2D eigenvalue weighted by molar-refractivity contribution is 6.09. The van der Waals surface area contributed by atoms with Gasteiger partial charge in [0.05, 0.1) is 0 Å². The predicted molar refractivity (Wildman–Crippen MR) is 112 cm³/mol. The topological polar surface area (TPSA) is 81.8 Å². The summed E-state index contributed by atoms with van der Waals surface area (Å²) in [6.07, 6.45) is 2.25. The minimum atomic E-state index is -0.869. The van der Waals surface area contributed by atoms with Crippen LogP contribution in [0.5, 0.6) is 0 Å². The Kier molecular flexibility index (Phi) is 5.87. The van der Waals surface area contributed by atoms with Crippen molar-refractivity contribution in [3.63, 3.8) is 0 Å². The first-order chi connectivity index (χ1) is 13.6. The fourth-order valence-electron chi connectivity index (χ4n) is 5.02. The average Bonchev–Trinajstić information content (AvgIpc) is 2.84. The van der Waals surface area contributed by atoms with Gasteiger partial charge in [0.25, 0.3) is 5.91 Å². The fourth-order valence-corrected chi connectivity index (χ4v) is 5.02. The van der Waals surface area contributed by atoms with E-state index in [4.69, 9.17) is 0 Å². The number of hydrogen-bond acceptors (Lipinski definition) is 4. The number of rotatable bonds is 6. The Morgan fingerprint density at radius 3 is 2.59 bits per heavy atom. The molecule has 1 heterocycles. The second kappa shape index (κ2) is 8.05. The zero-order valence-corrected chi connectivity index (χ0v) is 17.8. The third kappa shape index (κ3) is 4.71.